The normalized spacial score (nSPS) is 27.5. The molecule has 144 valence electrons. The Morgan fingerprint density at radius 1 is 0.885 bits per heavy atom. The van der Waals surface area contributed by atoms with Crippen LogP contribution in [0.25, 0.3) is 0 Å². The molecule has 1 aliphatic rings. The second kappa shape index (κ2) is 9.59. The number of ether oxygens (including phenoxy) is 5. The van der Waals surface area contributed by atoms with Gasteiger partial charge in [0.15, 0.2) is 23.4 Å². The van der Waals surface area contributed by atoms with Gasteiger partial charge in [-0.2, -0.15) is 0 Å². The third-order valence-corrected chi connectivity index (χ3v) is 3.14. The van der Waals surface area contributed by atoms with Crippen LogP contribution in [0, 0.1) is 5.53 Å². The molecule has 12 nitrogen and oxygen atoms in total. The van der Waals surface area contributed by atoms with Gasteiger partial charge in [0.2, 0.25) is 4.91 Å². The second-order valence-electron chi connectivity index (χ2n) is 5.31. The first kappa shape index (κ1) is 21.2. The first-order chi connectivity index (χ1) is 12.1. The van der Waals surface area contributed by atoms with Gasteiger partial charge in [0.05, 0.1) is 0 Å². The lowest BCUT2D eigenvalue weighted by Crippen LogP contribution is -2.61. The molecular formula is C14H20N3O9+. The van der Waals surface area contributed by atoms with Crippen LogP contribution in [-0.2, 0) is 42.9 Å². The quantitative estimate of drug-likeness (QED) is 0.282. The highest BCUT2D eigenvalue weighted by Crippen LogP contribution is 2.29. The highest BCUT2D eigenvalue weighted by atomic mass is 16.7. The Labute approximate surface area is 148 Å². The predicted molar refractivity (Wildman–Crippen MR) is 79.2 cm³/mol. The first-order valence-electron chi connectivity index (χ1n) is 7.52. The zero-order chi connectivity index (χ0) is 19.9. The summed E-state index contributed by atoms with van der Waals surface area (Å²) in [7, 11) is 0. The Morgan fingerprint density at radius 3 is 1.85 bits per heavy atom. The van der Waals surface area contributed by atoms with Crippen LogP contribution in [-0.4, -0.2) is 61.1 Å². The summed E-state index contributed by atoms with van der Waals surface area (Å²) in [6, 6.07) is 0. The van der Waals surface area contributed by atoms with Crippen molar-refractivity contribution in [2.45, 2.75) is 58.3 Å². The van der Waals surface area contributed by atoms with E-state index in [1.165, 1.54) is 0 Å². The summed E-state index contributed by atoms with van der Waals surface area (Å²) in [4.78, 5) is 48.3. The average molecular weight is 374 g/mol. The molecule has 0 amide bonds. The van der Waals surface area contributed by atoms with E-state index in [4.69, 9.17) is 29.2 Å². The summed E-state index contributed by atoms with van der Waals surface area (Å²) < 4.78 is 25.8. The summed E-state index contributed by atoms with van der Waals surface area (Å²) in [5.74, 6) is -2.86. The number of nitrogens with zero attached hydrogens (tertiary/aromatic N) is 2. The number of rotatable bonds is 6. The molecule has 1 heterocycles. The van der Waals surface area contributed by atoms with Crippen molar-refractivity contribution in [1.29, 1.82) is 5.53 Å². The lowest BCUT2D eigenvalue weighted by atomic mass is 9.97. The molecule has 1 saturated heterocycles. The number of carbonyl (C=O) groups is 4. The molecule has 0 saturated carbocycles. The number of nitrogens with one attached hydrogen (secondary N) is 1. The van der Waals surface area contributed by atoms with Gasteiger partial charge in [-0.25, -0.2) is 0 Å². The van der Waals surface area contributed by atoms with Crippen LogP contribution in [0.1, 0.15) is 27.7 Å². The van der Waals surface area contributed by atoms with E-state index in [-0.39, 0.29) is 6.61 Å². The van der Waals surface area contributed by atoms with E-state index in [9.17, 15) is 19.2 Å². The van der Waals surface area contributed by atoms with Gasteiger partial charge in [-0.1, -0.05) is 0 Å². The van der Waals surface area contributed by atoms with E-state index in [0.717, 1.165) is 27.7 Å². The molecule has 0 aromatic heterocycles. The minimum atomic E-state index is -1.34. The van der Waals surface area contributed by atoms with Crippen molar-refractivity contribution in [3.8, 4) is 0 Å². The van der Waals surface area contributed by atoms with E-state index in [2.05, 4.69) is 10.0 Å². The topological polar surface area (TPSA) is 165 Å². The van der Waals surface area contributed by atoms with Crippen molar-refractivity contribution in [2.24, 2.45) is 5.11 Å². The molecule has 1 rings (SSSR count). The summed E-state index contributed by atoms with van der Waals surface area (Å²) in [6.45, 7) is 4.13. The van der Waals surface area contributed by atoms with Gasteiger partial charge in [0, 0.05) is 27.7 Å². The lowest BCUT2D eigenvalue weighted by Gasteiger charge is -2.41. The van der Waals surface area contributed by atoms with Crippen LogP contribution in [0.2, 0.25) is 0 Å². The van der Waals surface area contributed by atoms with Crippen LogP contribution in [0.4, 0.5) is 0 Å². The molecule has 0 unspecified atom stereocenters. The maximum atomic E-state index is 11.5. The summed E-state index contributed by atoms with van der Waals surface area (Å²) >= 11 is 0. The molecule has 0 spiro atoms. The molecule has 1 fully saturated rings. The van der Waals surface area contributed by atoms with Crippen molar-refractivity contribution < 1.29 is 42.9 Å². The second-order valence-corrected chi connectivity index (χ2v) is 5.31. The van der Waals surface area contributed by atoms with Crippen molar-refractivity contribution in [1.82, 2.24) is 4.91 Å². The fourth-order valence-electron chi connectivity index (χ4n) is 2.36. The average Bonchev–Trinajstić information content (AvgIpc) is 2.50. The third-order valence-electron chi connectivity index (χ3n) is 3.14. The van der Waals surface area contributed by atoms with Crippen LogP contribution < -0.4 is 4.91 Å². The summed E-state index contributed by atoms with van der Waals surface area (Å²) in [6.07, 6.45) is -6.34. The van der Waals surface area contributed by atoms with Gasteiger partial charge < -0.3 is 23.7 Å². The van der Waals surface area contributed by atoms with Gasteiger partial charge >= 0.3 is 23.9 Å². The van der Waals surface area contributed by atoms with E-state index in [1.807, 2.05) is 0 Å². The van der Waals surface area contributed by atoms with Gasteiger partial charge in [0.1, 0.15) is 18.2 Å². The molecule has 0 radical (unpaired) electrons. The lowest BCUT2D eigenvalue weighted by molar-refractivity contribution is -0.252. The van der Waals surface area contributed by atoms with Gasteiger partial charge in [0.25, 0.3) is 6.23 Å². The molecular weight excluding hydrogens is 354 g/mol. The Kier molecular flexibility index (Phi) is 7.81. The monoisotopic (exact) mass is 374 g/mol. The van der Waals surface area contributed by atoms with E-state index >= 15 is 0 Å². The molecule has 0 aromatic rings. The minimum absolute atomic E-state index is 0.359. The van der Waals surface area contributed by atoms with Crippen molar-refractivity contribution >= 4 is 23.9 Å². The molecule has 0 aromatic carbocycles. The van der Waals surface area contributed by atoms with Gasteiger partial charge in [-0.3, -0.25) is 19.2 Å². The molecule has 0 aliphatic carbocycles. The first-order valence-corrected chi connectivity index (χ1v) is 7.52. The van der Waals surface area contributed by atoms with Crippen LogP contribution >= 0.6 is 0 Å². The molecule has 5 atom stereocenters. The highest BCUT2D eigenvalue weighted by Gasteiger charge is 2.54. The molecule has 12 heteroatoms. The Morgan fingerprint density at radius 2 is 1.38 bits per heavy atom. The Bertz CT molecular complexity index is 617. The zero-order valence-electron chi connectivity index (χ0n) is 14.7. The number of hydrogen-bond acceptors (Lipinski definition) is 11. The van der Waals surface area contributed by atoms with Crippen molar-refractivity contribution in [2.75, 3.05) is 6.61 Å². The maximum Gasteiger partial charge on any atom is 0.303 e. The van der Waals surface area contributed by atoms with E-state index < -0.39 is 54.5 Å². The SMILES string of the molecule is CC(=O)OC[C@H]1O[C@@H](N=[N+]=N)[C@H](OC(C)=O)[C@@H](OC(C)=O)[C@@H]1OC(C)=O. The fourth-order valence-corrected chi connectivity index (χ4v) is 2.36. The minimum Gasteiger partial charge on any atom is -0.463 e. The van der Waals surface area contributed by atoms with Crippen molar-refractivity contribution in [3.05, 3.63) is 0 Å². The highest BCUT2D eigenvalue weighted by molar-refractivity contribution is 5.68. The van der Waals surface area contributed by atoms with Crippen LogP contribution in [0.5, 0.6) is 0 Å². The maximum absolute atomic E-state index is 11.5. The molecule has 1 N–H and O–H groups in total. The predicted octanol–water partition coefficient (Wildman–Crippen LogP) is -0.380. The van der Waals surface area contributed by atoms with Gasteiger partial charge in [-0.15, -0.1) is 0 Å². The molecule has 26 heavy (non-hydrogen) atoms. The van der Waals surface area contributed by atoms with Crippen LogP contribution in [0.3, 0.4) is 0 Å². The number of esters is 4. The summed E-state index contributed by atoms with van der Waals surface area (Å²) in [5.41, 5.74) is 6.88. The summed E-state index contributed by atoms with van der Waals surface area (Å²) in [5, 5.41) is 3.49. The third kappa shape index (κ3) is 6.22. The van der Waals surface area contributed by atoms with Gasteiger partial charge in [-0.05, 0) is 0 Å². The smallest absolute Gasteiger partial charge is 0.303 e. The van der Waals surface area contributed by atoms with E-state index in [0.29, 0.717) is 0 Å². The fraction of sp³-hybridized carbons (Fsp3) is 0.714. The van der Waals surface area contributed by atoms with E-state index in [1.54, 1.807) is 0 Å². The van der Waals surface area contributed by atoms with Crippen LogP contribution in [0.15, 0.2) is 5.11 Å². The Hall–Kier alpha value is -2.85. The number of hydrogen-bond donors (Lipinski definition) is 1. The largest absolute Gasteiger partial charge is 0.463 e. The standard InChI is InChI=1S/C14H20N3O9/c1-6(18)22-5-10-11(23-7(2)19)12(24-8(3)20)13(25-9(4)21)14(26-10)16-17-15/h10-15H,5H2,1-4H3/q+1/t10-,11-,12+,13-,14-/m1/s1. The Balaban J connectivity index is 3.28. The van der Waals surface area contributed by atoms with Crippen molar-refractivity contribution in [3.63, 3.8) is 0 Å². The number of carbonyl (C=O) groups excluding carboxylic acids is 4. The molecule has 1 aliphatic heterocycles. The zero-order valence-corrected chi connectivity index (χ0v) is 14.7. The molecule has 0 bridgehead atoms.